The maximum atomic E-state index is 12.6. The molecule has 0 aromatic heterocycles. The van der Waals surface area contributed by atoms with Crippen molar-refractivity contribution in [3.8, 4) is 16.9 Å². The second-order valence-corrected chi connectivity index (χ2v) is 7.42. The summed E-state index contributed by atoms with van der Waals surface area (Å²) in [4.78, 5) is 24.5. The fraction of sp³-hybridized carbons (Fsp3) is 0.391. The zero-order valence-corrected chi connectivity index (χ0v) is 16.7. The van der Waals surface area contributed by atoms with Gasteiger partial charge in [0.1, 0.15) is 5.78 Å². The number of carbonyl (C=O) groups excluding carboxylic acids is 1. The van der Waals surface area contributed by atoms with E-state index in [1.54, 1.807) is 12.1 Å². The van der Waals surface area contributed by atoms with E-state index in [0.29, 0.717) is 36.0 Å². The third kappa shape index (κ3) is 3.96. The molecule has 0 heterocycles. The van der Waals surface area contributed by atoms with Crippen LogP contribution in [0.15, 0.2) is 29.1 Å². The van der Waals surface area contributed by atoms with Gasteiger partial charge in [-0.25, -0.2) is 0 Å². The van der Waals surface area contributed by atoms with Crippen LogP contribution in [0.3, 0.4) is 0 Å². The summed E-state index contributed by atoms with van der Waals surface area (Å²) in [6.07, 6.45) is 1.59. The molecule has 0 fully saturated rings. The zero-order valence-electron chi connectivity index (χ0n) is 16.7. The molecule has 2 aromatic carbocycles. The molecule has 0 radical (unpaired) electrons. The van der Waals surface area contributed by atoms with Crippen molar-refractivity contribution in [2.45, 2.75) is 51.9 Å². The van der Waals surface area contributed by atoms with E-state index in [0.717, 1.165) is 22.3 Å². The molecule has 154 valence electrons. The predicted octanol–water partition coefficient (Wildman–Crippen LogP) is 2.21. The van der Waals surface area contributed by atoms with Crippen LogP contribution >= 0.6 is 0 Å². The first-order valence-corrected chi connectivity index (χ1v) is 9.66. The van der Waals surface area contributed by atoms with E-state index in [1.165, 1.54) is 20.1 Å². The molecule has 6 nitrogen and oxygen atoms in total. The second kappa shape index (κ2) is 8.86. The number of hydrogen-bond acceptors (Lipinski definition) is 6. The number of ether oxygens (including phenoxy) is 1. The van der Waals surface area contributed by atoms with Crippen LogP contribution in [0.2, 0.25) is 0 Å². The molecule has 1 aliphatic carbocycles. The number of hydrogen-bond donors (Lipinski definition) is 3. The van der Waals surface area contributed by atoms with Gasteiger partial charge < -0.3 is 24.9 Å². The Balaban J connectivity index is 2.41. The Hall–Kier alpha value is -2.54. The lowest BCUT2D eigenvalue weighted by molar-refractivity contribution is -0.117. The average molecular weight is 398 g/mol. The van der Waals surface area contributed by atoms with Crippen LogP contribution in [-0.2, 0) is 31.0 Å². The molecular formula is C23H26O6. The number of rotatable bonds is 6. The first-order chi connectivity index (χ1) is 13.9. The number of carbonyl (C=O) groups is 1. The molecule has 29 heavy (non-hydrogen) atoms. The number of benzene rings is 1. The number of methoxy groups -OCH3 is 1. The minimum absolute atomic E-state index is 0.0345. The van der Waals surface area contributed by atoms with Crippen molar-refractivity contribution in [3.63, 3.8) is 0 Å². The third-order valence-electron chi connectivity index (χ3n) is 5.68. The standard InChI is InChI=1S/C23H26O6/c1-13(27)7-14-3-4-15-8-16(10-24)19(11-25)20(12-26)23(15)17-5-6-22(29-2)21(28)9-18(14)17/h5-6,8-9,14,24-26H,3-4,7,10-12H2,1-2H3/t14-/m1/s1. The number of aliphatic hydroxyl groups excluding tert-OH is 3. The van der Waals surface area contributed by atoms with E-state index in [1.807, 2.05) is 6.07 Å². The lowest BCUT2D eigenvalue weighted by atomic mass is 9.86. The minimum Gasteiger partial charge on any atom is -0.493 e. The highest BCUT2D eigenvalue weighted by molar-refractivity contribution is 5.80. The highest BCUT2D eigenvalue weighted by Crippen LogP contribution is 2.43. The molecule has 0 unspecified atom stereocenters. The molecule has 0 spiro atoms. The Morgan fingerprint density at radius 1 is 1.10 bits per heavy atom. The molecule has 0 bridgehead atoms. The predicted molar refractivity (Wildman–Crippen MR) is 109 cm³/mol. The van der Waals surface area contributed by atoms with Gasteiger partial charge in [-0.1, -0.05) is 12.1 Å². The third-order valence-corrected chi connectivity index (χ3v) is 5.68. The Labute approximate surface area is 169 Å². The average Bonchev–Trinajstić information content (AvgIpc) is 2.95. The Bertz CT molecular complexity index is 995. The van der Waals surface area contributed by atoms with Gasteiger partial charge in [0.25, 0.3) is 0 Å². The summed E-state index contributed by atoms with van der Waals surface area (Å²) in [7, 11) is 1.43. The van der Waals surface area contributed by atoms with Crippen LogP contribution in [0.5, 0.6) is 5.75 Å². The van der Waals surface area contributed by atoms with Crippen molar-refractivity contribution >= 4 is 5.78 Å². The smallest absolute Gasteiger partial charge is 0.220 e. The normalized spacial score (nSPS) is 15.3. The number of Topliss-reactive ketones (excluding diaryl/α,β-unsaturated/α-hetero) is 1. The highest BCUT2D eigenvalue weighted by atomic mass is 16.5. The summed E-state index contributed by atoms with van der Waals surface area (Å²) in [6, 6.07) is 6.76. The van der Waals surface area contributed by atoms with Crippen LogP contribution in [0.25, 0.3) is 11.1 Å². The van der Waals surface area contributed by atoms with Crippen LogP contribution in [0.1, 0.15) is 53.5 Å². The van der Waals surface area contributed by atoms with E-state index in [9.17, 15) is 24.9 Å². The van der Waals surface area contributed by atoms with Gasteiger partial charge >= 0.3 is 0 Å². The van der Waals surface area contributed by atoms with Gasteiger partial charge in [0.15, 0.2) is 5.75 Å². The topological polar surface area (TPSA) is 104 Å². The second-order valence-electron chi connectivity index (χ2n) is 7.42. The lowest BCUT2D eigenvalue weighted by Gasteiger charge is -2.19. The van der Waals surface area contributed by atoms with Gasteiger partial charge in [-0.15, -0.1) is 0 Å². The van der Waals surface area contributed by atoms with Crippen molar-refractivity contribution in [1.29, 1.82) is 0 Å². The molecule has 0 aliphatic heterocycles. The molecule has 1 aliphatic rings. The van der Waals surface area contributed by atoms with Gasteiger partial charge in [0.2, 0.25) is 5.43 Å². The molecule has 1 atom stereocenters. The zero-order chi connectivity index (χ0) is 21.1. The van der Waals surface area contributed by atoms with Crippen LogP contribution < -0.4 is 10.2 Å². The Morgan fingerprint density at radius 3 is 2.41 bits per heavy atom. The first-order valence-electron chi connectivity index (χ1n) is 9.66. The van der Waals surface area contributed by atoms with Crippen LogP contribution in [0, 0.1) is 0 Å². The first kappa shape index (κ1) is 21.2. The van der Waals surface area contributed by atoms with Gasteiger partial charge in [-0.05, 0) is 76.8 Å². The van der Waals surface area contributed by atoms with Crippen molar-refractivity contribution in [3.05, 3.63) is 62.3 Å². The molecule has 3 rings (SSSR count). The van der Waals surface area contributed by atoms with Gasteiger partial charge in [-0.3, -0.25) is 4.79 Å². The van der Waals surface area contributed by atoms with E-state index in [4.69, 9.17) is 4.74 Å². The molecule has 0 amide bonds. The molecule has 3 N–H and O–H groups in total. The number of fused-ring (bicyclic) bond motifs is 3. The van der Waals surface area contributed by atoms with Crippen molar-refractivity contribution in [1.82, 2.24) is 0 Å². The Kier molecular flexibility index (Phi) is 6.47. The monoisotopic (exact) mass is 398 g/mol. The van der Waals surface area contributed by atoms with Crippen LogP contribution in [0.4, 0.5) is 0 Å². The molecule has 6 heteroatoms. The summed E-state index contributed by atoms with van der Waals surface area (Å²) >= 11 is 0. The maximum Gasteiger partial charge on any atom is 0.220 e. The van der Waals surface area contributed by atoms with Crippen molar-refractivity contribution < 1.29 is 24.9 Å². The highest BCUT2D eigenvalue weighted by Gasteiger charge is 2.27. The number of ketones is 1. The van der Waals surface area contributed by atoms with Crippen molar-refractivity contribution in [2.24, 2.45) is 0 Å². The van der Waals surface area contributed by atoms with E-state index < -0.39 is 0 Å². The summed E-state index contributed by atoms with van der Waals surface area (Å²) in [5.74, 6) is 0.0785. The van der Waals surface area contributed by atoms with Gasteiger partial charge in [0, 0.05) is 6.42 Å². The summed E-state index contributed by atoms with van der Waals surface area (Å²) in [5, 5.41) is 29.8. The number of aryl methyl sites for hydroxylation is 1. The minimum atomic E-state index is -0.319. The fourth-order valence-corrected chi connectivity index (χ4v) is 4.36. The van der Waals surface area contributed by atoms with Crippen LogP contribution in [-0.4, -0.2) is 28.2 Å². The molecule has 2 aromatic rings. The maximum absolute atomic E-state index is 12.6. The largest absolute Gasteiger partial charge is 0.493 e. The summed E-state index contributed by atoms with van der Waals surface area (Å²) < 4.78 is 5.20. The van der Waals surface area contributed by atoms with Crippen molar-refractivity contribution in [2.75, 3.05) is 7.11 Å². The van der Waals surface area contributed by atoms with Gasteiger partial charge in [0.05, 0.1) is 26.9 Å². The van der Waals surface area contributed by atoms with E-state index in [2.05, 4.69) is 0 Å². The SMILES string of the molecule is COc1ccc2c(cc1=O)[C@@H](CC(C)=O)CCc1cc(CO)c(CO)c(CO)c1-2. The van der Waals surface area contributed by atoms with Gasteiger partial charge in [-0.2, -0.15) is 0 Å². The quantitative estimate of drug-likeness (QED) is 0.689. The molecule has 0 saturated heterocycles. The molecule has 0 saturated carbocycles. The summed E-state index contributed by atoms with van der Waals surface area (Å²) in [6.45, 7) is 0.649. The summed E-state index contributed by atoms with van der Waals surface area (Å²) in [5.41, 5.74) is 4.49. The van der Waals surface area contributed by atoms with E-state index >= 15 is 0 Å². The fourth-order valence-electron chi connectivity index (χ4n) is 4.36. The number of aliphatic hydroxyl groups is 3. The molecular weight excluding hydrogens is 372 g/mol. The lowest BCUT2D eigenvalue weighted by Crippen LogP contribution is -2.08. The Morgan fingerprint density at radius 2 is 1.83 bits per heavy atom. The van der Waals surface area contributed by atoms with E-state index in [-0.39, 0.29) is 42.7 Å².